The Labute approximate surface area is 135 Å². The second-order valence-corrected chi connectivity index (χ2v) is 8.66. The first-order chi connectivity index (χ1) is 10.8. The Kier molecular flexibility index (Phi) is 3.02. The van der Waals surface area contributed by atoms with Crippen molar-refractivity contribution in [2.45, 2.75) is 50.6 Å². The summed E-state index contributed by atoms with van der Waals surface area (Å²) >= 11 is 1.72. The third-order valence-corrected chi connectivity index (χ3v) is 6.85. The standard InChI is InChI=1S/C19H23NOS/c1-2-22-12-17(1)18-6-16(11-21-18)10-20-19-7-13-3-14(8-19)5-15(4-13)9-19/h1-2,6,11-15,20H,3-5,7-10H2. The fourth-order valence-corrected chi connectivity index (χ4v) is 6.29. The Balaban J connectivity index is 1.29. The zero-order chi connectivity index (χ0) is 14.6. The summed E-state index contributed by atoms with van der Waals surface area (Å²) in [6.45, 7) is 0.958. The molecule has 2 heterocycles. The van der Waals surface area contributed by atoms with Crippen molar-refractivity contribution >= 4 is 11.3 Å². The van der Waals surface area contributed by atoms with Gasteiger partial charge in [0, 0.05) is 28.6 Å². The molecule has 0 spiro atoms. The summed E-state index contributed by atoms with van der Waals surface area (Å²) < 4.78 is 5.75. The van der Waals surface area contributed by atoms with E-state index in [0.717, 1.165) is 30.1 Å². The lowest BCUT2D eigenvalue weighted by atomic mass is 9.53. The highest BCUT2D eigenvalue weighted by atomic mass is 32.1. The number of hydrogen-bond acceptors (Lipinski definition) is 3. The SMILES string of the molecule is c1cc(-c2cc(CNC34CC5CC(CC(C5)C3)C4)co2)cs1. The highest BCUT2D eigenvalue weighted by Gasteiger charge is 2.50. The highest BCUT2D eigenvalue weighted by molar-refractivity contribution is 7.08. The third kappa shape index (κ3) is 2.26. The van der Waals surface area contributed by atoms with Crippen LogP contribution in [0.2, 0.25) is 0 Å². The molecule has 0 saturated heterocycles. The average molecular weight is 313 g/mol. The van der Waals surface area contributed by atoms with Gasteiger partial charge < -0.3 is 9.73 Å². The van der Waals surface area contributed by atoms with Gasteiger partial charge >= 0.3 is 0 Å². The van der Waals surface area contributed by atoms with Crippen LogP contribution in [0.5, 0.6) is 0 Å². The van der Waals surface area contributed by atoms with Crippen molar-refractivity contribution in [3.05, 3.63) is 34.7 Å². The maximum atomic E-state index is 5.75. The molecule has 4 aliphatic rings. The Bertz CT molecular complexity index is 622. The molecule has 2 nitrogen and oxygen atoms in total. The fraction of sp³-hybridized carbons (Fsp3) is 0.579. The fourth-order valence-electron chi connectivity index (χ4n) is 5.64. The van der Waals surface area contributed by atoms with Crippen LogP contribution in [0.1, 0.15) is 44.1 Å². The van der Waals surface area contributed by atoms with Crippen molar-refractivity contribution in [2.75, 3.05) is 0 Å². The number of hydrogen-bond donors (Lipinski definition) is 1. The Morgan fingerprint density at radius 1 is 1.14 bits per heavy atom. The molecule has 0 aliphatic heterocycles. The maximum Gasteiger partial charge on any atom is 0.135 e. The van der Waals surface area contributed by atoms with E-state index in [4.69, 9.17) is 4.42 Å². The van der Waals surface area contributed by atoms with Crippen LogP contribution in [-0.4, -0.2) is 5.54 Å². The van der Waals surface area contributed by atoms with Crippen molar-refractivity contribution in [1.29, 1.82) is 0 Å². The van der Waals surface area contributed by atoms with Gasteiger partial charge in [-0.05, 0) is 73.8 Å². The number of rotatable bonds is 4. The van der Waals surface area contributed by atoms with Crippen molar-refractivity contribution in [3.8, 4) is 11.3 Å². The van der Waals surface area contributed by atoms with Gasteiger partial charge in [-0.15, -0.1) is 0 Å². The molecule has 1 N–H and O–H groups in total. The van der Waals surface area contributed by atoms with Crippen LogP contribution in [-0.2, 0) is 6.54 Å². The lowest BCUT2D eigenvalue weighted by Gasteiger charge is -2.57. The summed E-state index contributed by atoms with van der Waals surface area (Å²) in [4.78, 5) is 0. The van der Waals surface area contributed by atoms with Crippen LogP contribution in [0.4, 0.5) is 0 Å². The van der Waals surface area contributed by atoms with E-state index in [1.165, 1.54) is 49.7 Å². The van der Waals surface area contributed by atoms with E-state index in [-0.39, 0.29) is 0 Å². The second kappa shape index (κ2) is 4.97. The smallest absolute Gasteiger partial charge is 0.135 e. The van der Waals surface area contributed by atoms with E-state index in [2.05, 4.69) is 28.2 Å². The van der Waals surface area contributed by atoms with Crippen LogP contribution < -0.4 is 5.32 Å². The average Bonchev–Trinajstić information content (AvgIpc) is 3.15. The topological polar surface area (TPSA) is 25.2 Å². The van der Waals surface area contributed by atoms with Crippen molar-refractivity contribution in [3.63, 3.8) is 0 Å². The van der Waals surface area contributed by atoms with Crippen LogP contribution in [0.25, 0.3) is 11.3 Å². The molecule has 4 aliphatic carbocycles. The largest absolute Gasteiger partial charge is 0.464 e. The molecule has 116 valence electrons. The molecule has 3 heteroatoms. The molecule has 4 bridgehead atoms. The Morgan fingerprint density at radius 3 is 2.50 bits per heavy atom. The van der Waals surface area contributed by atoms with Gasteiger partial charge in [-0.1, -0.05) is 0 Å². The molecule has 0 amide bonds. The molecule has 0 unspecified atom stereocenters. The van der Waals surface area contributed by atoms with E-state index in [1.54, 1.807) is 11.3 Å². The molecular weight excluding hydrogens is 290 g/mol. The van der Waals surface area contributed by atoms with Gasteiger partial charge in [0.2, 0.25) is 0 Å². The molecule has 4 fully saturated rings. The van der Waals surface area contributed by atoms with E-state index in [9.17, 15) is 0 Å². The van der Waals surface area contributed by atoms with Crippen molar-refractivity contribution in [1.82, 2.24) is 5.32 Å². The minimum atomic E-state index is 0.439. The Morgan fingerprint density at radius 2 is 1.86 bits per heavy atom. The normalized spacial score (nSPS) is 36.1. The summed E-state index contributed by atoms with van der Waals surface area (Å²) in [7, 11) is 0. The number of furan rings is 1. The predicted molar refractivity (Wildman–Crippen MR) is 89.8 cm³/mol. The second-order valence-electron chi connectivity index (χ2n) is 7.88. The molecule has 6 rings (SSSR count). The molecule has 4 saturated carbocycles. The molecule has 2 aromatic rings. The molecular formula is C19H23NOS. The third-order valence-electron chi connectivity index (χ3n) is 6.17. The molecule has 0 aromatic carbocycles. The van der Waals surface area contributed by atoms with Gasteiger partial charge in [0.25, 0.3) is 0 Å². The monoisotopic (exact) mass is 313 g/mol. The van der Waals surface area contributed by atoms with E-state index in [0.29, 0.717) is 5.54 Å². The maximum absolute atomic E-state index is 5.75. The molecule has 0 radical (unpaired) electrons. The summed E-state index contributed by atoms with van der Waals surface area (Å²) in [5.74, 6) is 4.02. The van der Waals surface area contributed by atoms with E-state index >= 15 is 0 Å². The van der Waals surface area contributed by atoms with Gasteiger partial charge in [-0.2, -0.15) is 11.3 Å². The van der Waals surface area contributed by atoms with E-state index < -0.39 is 0 Å². The van der Waals surface area contributed by atoms with Crippen LogP contribution >= 0.6 is 11.3 Å². The first kappa shape index (κ1) is 13.4. The first-order valence-corrected chi connectivity index (χ1v) is 9.57. The number of thiophene rings is 1. The number of nitrogens with one attached hydrogen (secondary N) is 1. The summed E-state index contributed by atoms with van der Waals surface area (Å²) in [5.41, 5.74) is 2.93. The molecule has 2 aromatic heterocycles. The van der Waals surface area contributed by atoms with Gasteiger partial charge in [-0.3, -0.25) is 0 Å². The lowest BCUT2D eigenvalue weighted by molar-refractivity contribution is -0.0206. The van der Waals surface area contributed by atoms with Crippen molar-refractivity contribution in [2.24, 2.45) is 17.8 Å². The summed E-state index contributed by atoms with van der Waals surface area (Å²) in [6, 6.07) is 4.33. The highest BCUT2D eigenvalue weighted by Crippen LogP contribution is 2.55. The van der Waals surface area contributed by atoms with Gasteiger partial charge in [0.05, 0.1) is 6.26 Å². The molecule has 0 atom stereocenters. The van der Waals surface area contributed by atoms with Gasteiger partial charge in [0.1, 0.15) is 5.76 Å². The van der Waals surface area contributed by atoms with Crippen LogP contribution in [0.3, 0.4) is 0 Å². The summed E-state index contributed by atoms with van der Waals surface area (Å²) in [6.07, 6.45) is 10.7. The van der Waals surface area contributed by atoms with Crippen molar-refractivity contribution < 1.29 is 4.42 Å². The summed E-state index contributed by atoms with van der Waals surface area (Å²) in [5, 5.41) is 8.20. The van der Waals surface area contributed by atoms with Crippen LogP contribution in [0.15, 0.2) is 33.6 Å². The van der Waals surface area contributed by atoms with E-state index in [1.807, 2.05) is 6.26 Å². The first-order valence-electron chi connectivity index (χ1n) is 8.63. The van der Waals surface area contributed by atoms with Gasteiger partial charge in [-0.25, -0.2) is 0 Å². The van der Waals surface area contributed by atoms with Crippen LogP contribution in [0, 0.1) is 17.8 Å². The molecule has 22 heavy (non-hydrogen) atoms. The zero-order valence-electron chi connectivity index (χ0n) is 12.9. The predicted octanol–water partition coefficient (Wildman–Crippen LogP) is 5.07. The quantitative estimate of drug-likeness (QED) is 0.853. The minimum Gasteiger partial charge on any atom is -0.464 e. The minimum absolute atomic E-state index is 0.439. The lowest BCUT2D eigenvalue weighted by Crippen LogP contribution is -2.58. The zero-order valence-corrected chi connectivity index (χ0v) is 13.7. The Hall–Kier alpha value is -1.06. The van der Waals surface area contributed by atoms with Gasteiger partial charge in [0.15, 0.2) is 0 Å².